The number of aromatic nitrogens is 2. The van der Waals surface area contributed by atoms with Crippen LogP contribution in [0.2, 0.25) is 0 Å². The molecule has 2 heterocycles. The summed E-state index contributed by atoms with van der Waals surface area (Å²) in [6, 6.07) is 5.20. The molecule has 6 heteroatoms. The number of nitrogens with zero attached hydrogens (tertiary/aromatic N) is 4. The zero-order chi connectivity index (χ0) is 13.9. The van der Waals surface area contributed by atoms with Gasteiger partial charge in [-0.25, -0.2) is 9.37 Å². The van der Waals surface area contributed by atoms with Crippen LogP contribution < -0.4 is 5.32 Å². The monoisotopic (exact) mass is 273 g/mol. The Hall–Kier alpha value is -2.37. The minimum Gasteiger partial charge on any atom is -0.352 e. The molecule has 1 aromatic heterocycles. The van der Waals surface area contributed by atoms with E-state index in [1.807, 2.05) is 13.1 Å². The Balaban J connectivity index is 1.71. The van der Waals surface area contributed by atoms with E-state index < -0.39 is 0 Å². The van der Waals surface area contributed by atoms with Gasteiger partial charge >= 0.3 is 0 Å². The quantitative estimate of drug-likeness (QED) is 0.919. The first-order chi connectivity index (χ1) is 9.74. The summed E-state index contributed by atoms with van der Waals surface area (Å²) in [6.45, 7) is 2.30. The smallest absolute Gasteiger partial charge is 0.194 e. The molecule has 0 amide bonds. The molecule has 0 saturated heterocycles. The van der Waals surface area contributed by atoms with Crippen molar-refractivity contribution in [2.45, 2.75) is 6.54 Å². The van der Waals surface area contributed by atoms with Crippen LogP contribution >= 0.6 is 0 Å². The fourth-order valence-corrected chi connectivity index (χ4v) is 2.18. The maximum Gasteiger partial charge on any atom is 0.194 e. The molecule has 1 aromatic carbocycles. The van der Waals surface area contributed by atoms with E-state index in [0.29, 0.717) is 12.2 Å². The lowest BCUT2D eigenvalue weighted by Crippen LogP contribution is -2.35. The number of hydrogen-bond donors (Lipinski definition) is 1. The molecular weight excluding hydrogens is 257 g/mol. The first-order valence-electron chi connectivity index (χ1n) is 6.50. The normalized spacial score (nSPS) is 14.5. The van der Waals surface area contributed by atoms with Crippen LogP contribution in [0.4, 0.5) is 4.39 Å². The summed E-state index contributed by atoms with van der Waals surface area (Å²) in [7, 11) is 1.99. The fraction of sp³-hybridized carbons (Fsp3) is 0.286. The Kier molecular flexibility index (Phi) is 3.37. The highest BCUT2D eigenvalue weighted by Gasteiger charge is 2.12. The van der Waals surface area contributed by atoms with Crippen molar-refractivity contribution in [2.24, 2.45) is 4.99 Å². The second kappa shape index (κ2) is 5.32. The van der Waals surface area contributed by atoms with E-state index in [1.165, 1.54) is 6.07 Å². The van der Waals surface area contributed by atoms with Gasteiger partial charge in [-0.2, -0.15) is 0 Å². The highest BCUT2D eigenvalue weighted by Crippen LogP contribution is 2.15. The van der Waals surface area contributed by atoms with Gasteiger partial charge in [0, 0.05) is 32.5 Å². The molecule has 5 nitrogen and oxygen atoms in total. The molecule has 0 bridgehead atoms. The van der Waals surface area contributed by atoms with E-state index >= 15 is 0 Å². The van der Waals surface area contributed by atoms with E-state index in [2.05, 4.69) is 20.2 Å². The molecule has 3 rings (SSSR count). The fourth-order valence-electron chi connectivity index (χ4n) is 2.18. The van der Waals surface area contributed by atoms with Crippen LogP contribution in [0.5, 0.6) is 0 Å². The minimum atomic E-state index is -0.260. The maximum atomic E-state index is 14.1. The lowest BCUT2D eigenvalue weighted by molar-refractivity contribution is 0.533. The lowest BCUT2D eigenvalue weighted by Gasteiger charge is -2.15. The number of nitrogens with one attached hydrogen (secondary N) is 1. The number of hydrogen-bond acceptors (Lipinski definition) is 4. The van der Waals surface area contributed by atoms with E-state index in [-0.39, 0.29) is 5.82 Å². The van der Waals surface area contributed by atoms with Gasteiger partial charge in [0.05, 0.1) is 18.6 Å². The first-order valence-corrected chi connectivity index (χ1v) is 6.50. The predicted octanol–water partition coefficient (Wildman–Crippen LogP) is 1.40. The average Bonchev–Trinajstić information content (AvgIpc) is 3.08. The molecule has 0 atom stereocenters. The summed E-state index contributed by atoms with van der Waals surface area (Å²) < 4.78 is 15.7. The number of benzene rings is 1. The summed E-state index contributed by atoms with van der Waals surface area (Å²) in [6.07, 6.45) is 4.93. The summed E-state index contributed by atoms with van der Waals surface area (Å²) in [5.41, 5.74) is 1.39. The van der Waals surface area contributed by atoms with Crippen molar-refractivity contribution in [2.75, 3.05) is 20.1 Å². The van der Waals surface area contributed by atoms with Crippen molar-refractivity contribution < 1.29 is 4.39 Å². The topological polar surface area (TPSA) is 45.5 Å². The highest BCUT2D eigenvalue weighted by molar-refractivity contribution is 5.81. The van der Waals surface area contributed by atoms with Gasteiger partial charge in [0.25, 0.3) is 0 Å². The second-order valence-electron chi connectivity index (χ2n) is 4.74. The summed E-state index contributed by atoms with van der Waals surface area (Å²) in [5.74, 6) is 0.605. The van der Waals surface area contributed by atoms with Gasteiger partial charge in [0.1, 0.15) is 5.82 Å². The molecule has 0 unspecified atom stereocenters. The Morgan fingerprint density at radius 3 is 2.95 bits per heavy atom. The van der Waals surface area contributed by atoms with Gasteiger partial charge in [0.2, 0.25) is 0 Å². The maximum absolute atomic E-state index is 14.1. The van der Waals surface area contributed by atoms with Crippen LogP contribution in [0.1, 0.15) is 5.56 Å². The highest BCUT2D eigenvalue weighted by atomic mass is 19.1. The average molecular weight is 273 g/mol. The van der Waals surface area contributed by atoms with Crippen molar-refractivity contribution in [1.82, 2.24) is 19.8 Å². The van der Waals surface area contributed by atoms with Crippen molar-refractivity contribution in [3.8, 4) is 5.69 Å². The molecule has 0 spiro atoms. The zero-order valence-electron chi connectivity index (χ0n) is 11.3. The minimum absolute atomic E-state index is 0.260. The molecule has 0 saturated carbocycles. The van der Waals surface area contributed by atoms with Gasteiger partial charge in [0.15, 0.2) is 5.96 Å². The standard InChI is InChI=1S/C14H16FN5/c1-19-6-5-17-14(19)18-9-11-2-3-13(12(15)8-11)20-7-4-16-10-20/h2-4,7-8,10H,5-6,9H2,1H3,(H,17,18). The van der Waals surface area contributed by atoms with E-state index in [1.54, 1.807) is 29.4 Å². The zero-order valence-corrected chi connectivity index (χ0v) is 11.3. The van der Waals surface area contributed by atoms with Gasteiger partial charge in [-0.15, -0.1) is 0 Å². The Morgan fingerprint density at radius 1 is 1.40 bits per heavy atom. The van der Waals surface area contributed by atoms with E-state index in [9.17, 15) is 4.39 Å². The molecule has 104 valence electrons. The Labute approximate surface area is 116 Å². The van der Waals surface area contributed by atoms with Gasteiger partial charge in [-0.1, -0.05) is 6.07 Å². The summed E-state index contributed by atoms with van der Waals surface area (Å²) in [5, 5.41) is 3.22. The molecule has 1 aliphatic rings. The van der Waals surface area contributed by atoms with Crippen LogP contribution in [-0.2, 0) is 6.54 Å². The van der Waals surface area contributed by atoms with Crippen LogP contribution in [0.25, 0.3) is 5.69 Å². The number of aliphatic imine (C=N–C) groups is 1. The largest absolute Gasteiger partial charge is 0.352 e. The number of halogens is 1. The molecule has 20 heavy (non-hydrogen) atoms. The van der Waals surface area contributed by atoms with Crippen molar-refractivity contribution >= 4 is 5.96 Å². The molecule has 1 aliphatic heterocycles. The van der Waals surface area contributed by atoms with Crippen LogP contribution in [0, 0.1) is 5.82 Å². The summed E-state index contributed by atoms with van der Waals surface area (Å²) >= 11 is 0. The number of rotatable bonds is 3. The molecular formula is C14H16FN5. The third kappa shape index (κ3) is 2.49. The molecule has 1 N–H and O–H groups in total. The van der Waals surface area contributed by atoms with E-state index in [0.717, 1.165) is 24.6 Å². The van der Waals surface area contributed by atoms with Gasteiger partial charge in [-0.3, -0.25) is 4.99 Å². The third-order valence-corrected chi connectivity index (χ3v) is 3.30. The van der Waals surface area contributed by atoms with Crippen LogP contribution in [-0.4, -0.2) is 40.5 Å². The number of imidazole rings is 1. The lowest BCUT2D eigenvalue weighted by atomic mass is 10.2. The third-order valence-electron chi connectivity index (χ3n) is 3.30. The van der Waals surface area contributed by atoms with Crippen LogP contribution in [0.3, 0.4) is 0 Å². The van der Waals surface area contributed by atoms with Crippen LogP contribution in [0.15, 0.2) is 41.9 Å². The molecule has 0 radical (unpaired) electrons. The first kappa shape index (κ1) is 12.7. The second-order valence-corrected chi connectivity index (χ2v) is 4.74. The van der Waals surface area contributed by atoms with Crippen molar-refractivity contribution in [3.63, 3.8) is 0 Å². The van der Waals surface area contributed by atoms with E-state index in [4.69, 9.17) is 0 Å². The Morgan fingerprint density at radius 2 is 2.30 bits per heavy atom. The molecule has 0 fully saturated rings. The van der Waals surface area contributed by atoms with Crippen molar-refractivity contribution in [3.05, 3.63) is 48.3 Å². The molecule has 2 aromatic rings. The van der Waals surface area contributed by atoms with Crippen molar-refractivity contribution in [1.29, 1.82) is 0 Å². The summed E-state index contributed by atoms with van der Waals surface area (Å²) in [4.78, 5) is 10.3. The number of likely N-dealkylation sites (N-methyl/N-ethyl adjacent to an activating group) is 1. The molecule has 0 aliphatic carbocycles. The van der Waals surface area contributed by atoms with Gasteiger partial charge < -0.3 is 14.8 Å². The predicted molar refractivity (Wildman–Crippen MR) is 75.3 cm³/mol. The SMILES string of the molecule is CN1CCN=C1NCc1ccc(-n2ccnc2)c(F)c1. The Bertz CT molecular complexity index is 620. The van der Waals surface area contributed by atoms with Gasteiger partial charge in [-0.05, 0) is 17.7 Å². The number of guanidine groups is 1.